The average molecular weight is 323 g/mol. The summed E-state index contributed by atoms with van der Waals surface area (Å²) in [4.78, 5) is 3.70. The van der Waals surface area contributed by atoms with E-state index in [1.165, 1.54) is 21.6 Å². The Bertz CT molecular complexity index is 771. The van der Waals surface area contributed by atoms with Crippen molar-refractivity contribution < 1.29 is 4.74 Å². The molecule has 23 heavy (non-hydrogen) atoms. The minimum Gasteiger partial charge on any atom is -0.456 e. The Morgan fingerprint density at radius 2 is 1.70 bits per heavy atom. The minimum atomic E-state index is 0.985. The van der Waals surface area contributed by atoms with E-state index >= 15 is 0 Å². The molecular weight excluding hydrogens is 302 g/mol. The van der Waals surface area contributed by atoms with E-state index in [4.69, 9.17) is 4.74 Å². The van der Waals surface area contributed by atoms with Crippen LogP contribution in [0.4, 0.5) is 0 Å². The first-order valence-electron chi connectivity index (χ1n) is 8.12. The second kappa shape index (κ2) is 6.06. The summed E-state index contributed by atoms with van der Waals surface area (Å²) in [6.07, 6.45) is 4.41. The summed E-state index contributed by atoms with van der Waals surface area (Å²) >= 11 is 1.79. The van der Waals surface area contributed by atoms with Gasteiger partial charge in [0, 0.05) is 29.1 Å². The van der Waals surface area contributed by atoms with Gasteiger partial charge in [-0.1, -0.05) is 23.8 Å². The normalized spacial score (nSPS) is 17.5. The van der Waals surface area contributed by atoms with Gasteiger partial charge in [-0.15, -0.1) is 11.8 Å². The lowest BCUT2D eigenvalue weighted by atomic mass is 9.86. The fourth-order valence-corrected chi connectivity index (χ4v) is 3.91. The van der Waals surface area contributed by atoms with E-state index in [1.807, 2.05) is 0 Å². The Hall–Kier alpha value is -1.71. The lowest BCUT2D eigenvalue weighted by Gasteiger charge is -2.30. The monoisotopic (exact) mass is 323 g/mol. The first-order chi connectivity index (χ1) is 11.3. The number of para-hydroxylation sites is 1. The van der Waals surface area contributed by atoms with Gasteiger partial charge in [0.15, 0.2) is 0 Å². The number of piperidine rings is 1. The van der Waals surface area contributed by atoms with Gasteiger partial charge in [-0.2, -0.15) is 0 Å². The Labute approximate surface area is 142 Å². The van der Waals surface area contributed by atoms with Crippen LogP contribution < -0.4 is 4.74 Å². The zero-order valence-electron chi connectivity index (χ0n) is 13.6. The van der Waals surface area contributed by atoms with Gasteiger partial charge in [-0.25, -0.2) is 0 Å². The van der Waals surface area contributed by atoms with Crippen molar-refractivity contribution in [2.75, 3.05) is 26.4 Å². The van der Waals surface area contributed by atoms with Crippen molar-refractivity contribution in [2.24, 2.45) is 0 Å². The van der Waals surface area contributed by atoms with Crippen LogP contribution in [0.15, 0.2) is 52.9 Å². The molecular formula is C20H21NOS. The van der Waals surface area contributed by atoms with Crippen molar-refractivity contribution >= 4 is 17.3 Å². The van der Waals surface area contributed by atoms with Crippen LogP contribution in [-0.2, 0) is 0 Å². The number of hydrogen-bond donors (Lipinski definition) is 0. The molecule has 0 atom stereocenters. The summed E-state index contributed by atoms with van der Waals surface area (Å²) in [7, 11) is 2.21. The summed E-state index contributed by atoms with van der Waals surface area (Å²) in [6, 6.07) is 15.0. The van der Waals surface area contributed by atoms with Crippen molar-refractivity contribution in [3.8, 4) is 11.5 Å². The van der Waals surface area contributed by atoms with Crippen molar-refractivity contribution in [1.82, 2.24) is 4.90 Å². The van der Waals surface area contributed by atoms with Crippen molar-refractivity contribution in [1.29, 1.82) is 0 Å². The third kappa shape index (κ3) is 2.68. The zero-order valence-corrected chi connectivity index (χ0v) is 14.5. The summed E-state index contributed by atoms with van der Waals surface area (Å²) in [5.74, 6) is 1.97. The maximum atomic E-state index is 6.17. The second-order valence-electron chi connectivity index (χ2n) is 6.24. The first-order valence-corrected chi connectivity index (χ1v) is 9.35. The fourth-order valence-electron chi connectivity index (χ4n) is 3.47. The van der Waals surface area contributed by atoms with E-state index in [9.17, 15) is 0 Å². The van der Waals surface area contributed by atoms with Gasteiger partial charge < -0.3 is 9.64 Å². The Kier molecular flexibility index (Phi) is 3.92. The summed E-state index contributed by atoms with van der Waals surface area (Å²) < 4.78 is 6.17. The van der Waals surface area contributed by atoms with Crippen LogP contribution in [0.2, 0.25) is 0 Å². The molecule has 2 aliphatic rings. The largest absolute Gasteiger partial charge is 0.456 e. The minimum absolute atomic E-state index is 0.985. The molecule has 118 valence electrons. The van der Waals surface area contributed by atoms with E-state index < -0.39 is 0 Å². The van der Waals surface area contributed by atoms with Crippen LogP contribution in [0.5, 0.6) is 11.5 Å². The number of hydrogen-bond acceptors (Lipinski definition) is 3. The number of thioether (sulfide) groups is 1. The molecule has 0 aromatic heterocycles. The number of benzene rings is 2. The molecule has 0 radical (unpaired) electrons. The Morgan fingerprint density at radius 3 is 2.48 bits per heavy atom. The van der Waals surface area contributed by atoms with Gasteiger partial charge in [-0.05, 0) is 56.0 Å². The lowest BCUT2D eigenvalue weighted by Crippen LogP contribution is -2.27. The van der Waals surface area contributed by atoms with E-state index in [-0.39, 0.29) is 0 Å². The molecule has 1 saturated heterocycles. The molecule has 4 rings (SSSR count). The van der Waals surface area contributed by atoms with Crippen molar-refractivity contribution in [3.05, 3.63) is 59.2 Å². The predicted molar refractivity (Wildman–Crippen MR) is 97.5 cm³/mol. The summed E-state index contributed by atoms with van der Waals surface area (Å²) in [5, 5.41) is 0. The van der Waals surface area contributed by atoms with Crippen LogP contribution in [-0.4, -0.2) is 31.3 Å². The Balaban J connectivity index is 1.91. The molecule has 2 aromatic carbocycles. The van der Waals surface area contributed by atoms with Gasteiger partial charge in [0.2, 0.25) is 0 Å². The van der Waals surface area contributed by atoms with Crippen molar-refractivity contribution in [3.63, 3.8) is 0 Å². The molecule has 1 fully saturated rings. The molecule has 2 nitrogen and oxygen atoms in total. The van der Waals surface area contributed by atoms with E-state index in [1.54, 1.807) is 17.3 Å². The van der Waals surface area contributed by atoms with Crippen LogP contribution in [0.3, 0.4) is 0 Å². The highest BCUT2D eigenvalue weighted by molar-refractivity contribution is 7.98. The number of nitrogens with zero attached hydrogens (tertiary/aromatic N) is 1. The maximum absolute atomic E-state index is 6.17. The molecule has 0 bridgehead atoms. The molecule has 0 aliphatic carbocycles. The number of ether oxygens (including phenoxy) is 1. The molecule has 2 aliphatic heterocycles. The van der Waals surface area contributed by atoms with Gasteiger partial charge in [0.05, 0.1) is 0 Å². The van der Waals surface area contributed by atoms with Crippen LogP contribution in [0, 0.1) is 0 Å². The second-order valence-corrected chi connectivity index (χ2v) is 7.12. The SMILES string of the molecule is CSc1ccc2c(c1)C(=C1CCN(C)CC1)c1ccccc1O2. The quantitative estimate of drug-likeness (QED) is 0.582. The first kappa shape index (κ1) is 14.9. The highest BCUT2D eigenvalue weighted by Crippen LogP contribution is 2.47. The average Bonchev–Trinajstić information content (AvgIpc) is 2.60. The van der Waals surface area contributed by atoms with E-state index in [2.05, 4.69) is 60.7 Å². The summed E-state index contributed by atoms with van der Waals surface area (Å²) in [5.41, 5.74) is 5.48. The lowest BCUT2D eigenvalue weighted by molar-refractivity contribution is 0.313. The van der Waals surface area contributed by atoms with Crippen molar-refractivity contribution in [2.45, 2.75) is 17.7 Å². The third-order valence-electron chi connectivity index (χ3n) is 4.78. The summed E-state index contributed by atoms with van der Waals surface area (Å²) in [6.45, 7) is 2.28. The van der Waals surface area contributed by atoms with Gasteiger partial charge in [0.25, 0.3) is 0 Å². The Morgan fingerprint density at radius 1 is 0.957 bits per heavy atom. The molecule has 0 spiro atoms. The highest BCUT2D eigenvalue weighted by atomic mass is 32.2. The van der Waals surface area contributed by atoms with E-state index in [0.29, 0.717) is 0 Å². The highest BCUT2D eigenvalue weighted by Gasteiger charge is 2.26. The smallest absolute Gasteiger partial charge is 0.135 e. The topological polar surface area (TPSA) is 12.5 Å². The zero-order chi connectivity index (χ0) is 15.8. The van der Waals surface area contributed by atoms with Gasteiger partial charge in [0.1, 0.15) is 11.5 Å². The molecule has 2 heterocycles. The standard InChI is InChI=1S/C20H21NOS/c1-21-11-9-14(10-12-21)20-16-5-3-4-6-18(16)22-19-8-7-15(23-2)13-17(19)20/h3-8,13H,9-12H2,1-2H3. The molecule has 0 N–H and O–H groups in total. The maximum Gasteiger partial charge on any atom is 0.135 e. The molecule has 3 heteroatoms. The van der Waals surface area contributed by atoms with Crippen LogP contribution in [0.25, 0.3) is 5.57 Å². The predicted octanol–water partition coefficient (Wildman–Crippen LogP) is 5.04. The van der Waals surface area contributed by atoms with Crippen LogP contribution in [0.1, 0.15) is 24.0 Å². The molecule has 0 amide bonds. The molecule has 0 saturated carbocycles. The number of likely N-dealkylation sites (tertiary alicyclic amines) is 1. The number of rotatable bonds is 1. The van der Waals surface area contributed by atoms with E-state index in [0.717, 1.165) is 37.4 Å². The van der Waals surface area contributed by atoms with Gasteiger partial charge >= 0.3 is 0 Å². The molecule has 0 unspecified atom stereocenters. The molecule has 2 aromatic rings. The fraction of sp³-hybridized carbons (Fsp3) is 0.300. The number of fused-ring (bicyclic) bond motifs is 2. The van der Waals surface area contributed by atoms with Gasteiger partial charge in [-0.3, -0.25) is 0 Å². The van der Waals surface area contributed by atoms with Crippen LogP contribution >= 0.6 is 11.8 Å². The third-order valence-corrected chi connectivity index (χ3v) is 5.50.